The lowest BCUT2D eigenvalue weighted by atomic mass is 9.76. The number of rotatable bonds is 4. The van der Waals surface area contributed by atoms with E-state index in [0.29, 0.717) is 37.2 Å². The van der Waals surface area contributed by atoms with Crippen LogP contribution in [0.4, 0.5) is 17.5 Å². The zero-order valence-electron chi connectivity index (χ0n) is 16.3. The van der Waals surface area contributed by atoms with Crippen LogP contribution in [-0.4, -0.2) is 41.4 Å². The van der Waals surface area contributed by atoms with Gasteiger partial charge >= 0.3 is 7.12 Å². The van der Waals surface area contributed by atoms with Crippen LogP contribution in [0.25, 0.3) is 6.08 Å². The Balaban J connectivity index is 1.53. The molecular weight excluding hydrogens is 369 g/mol. The summed E-state index contributed by atoms with van der Waals surface area (Å²) in [5, 5.41) is 25.7. The molecule has 3 N–H and O–H groups in total. The highest BCUT2D eigenvalue weighted by Gasteiger charge is 2.27. The van der Waals surface area contributed by atoms with Crippen molar-refractivity contribution in [1.29, 1.82) is 5.26 Å². The average Bonchev–Trinajstić information content (AvgIpc) is 2.72. The Hall–Kier alpha value is -3.09. The minimum atomic E-state index is -0.906. The number of hydrogen-bond acceptors (Lipinski definition) is 8. The summed E-state index contributed by atoms with van der Waals surface area (Å²) in [6.45, 7) is 4.83. The van der Waals surface area contributed by atoms with E-state index in [9.17, 15) is 10.3 Å². The SMILES string of the molecule is CC1=Cc2cc(Nc3ncc(C)c(NC4COCCC4C#N)n3)ccc2OB1O. The van der Waals surface area contributed by atoms with Crippen molar-refractivity contribution < 1.29 is 14.4 Å². The lowest BCUT2D eigenvalue weighted by Gasteiger charge is -2.28. The number of nitrogens with one attached hydrogen (secondary N) is 2. The molecule has 2 aliphatic heterocycles. The van der Waals surface area contributed by atoms with Gasteiger partial charge in [-0.2, -0.15) is 10.2 Å². The third-order valence-corrected chi connectivity index (χ3v) is 5.09. The topological polar surface area (TPSA) is 112 Å². The Bertz CT molecular complexity index is 991. The molecule has 1 aromatic heterocycles. The number of aryl methyl sites for hydroxylation is 1. The Kier molecular flexibility index (Phi) is 5.38. The summed E-state index contributed by atoms with van der Waals surface area (Å²) in [5.74, 6) is 1.64. The molecule has 9 heteroatoms. The number of anilines is 3. The number of ether oxygens (including phenoxy) is 1. The normalized spacial score (nSPS) is 20.8. The van der Waals surface area contributed by atoms with Gasteiger partial charge in [-0.25, -0.2) is 4.98 Å². The molecule has 2 unspecified atom stereocenters. The smallest absolute Gasteiger partial charge is 0.532 e. The van der Waals surface area contributed by atoms with Crippen molar-refractivity contribution in [2.75, 3.05) is 23.8 Å². The first-order valence-corrected chi connectivity index (χ1v) is 9.55. The van der Waals surface area contributed by atoms with Gasteiger partial charge in [0.2, 0.25) is 5.95 Å². The minimum absolute atomic E-state index is 0.101. The van der Waals surface area contributed by atoms with Crippen molar-refractivity contribution in [1.82, 2.24) is 9.97 Å². The van der Waals surface area contributed by atoms with E-state index in [4.69, 9.17) is 9.39 Å². The van der Waals surface area contributed by atoms with Gasteiger partial charge in [-0.3, -0.25) is 0 Å². The summed E-state index contributed by atoms with van der Waals surface area (Å²) < 4.78 is 11.0. The van der Waals surface area contributed by atoms with E-state index in [1.54, 1.807) is 12.3 Å². The summed E-state index contributed by atoms with van der Waals surface area (Å²) in [6.07, 6.45) is 4.34. The van der Waals surface area contributed by atoms with E-state index >= 15 is 0 Å². The van der Waals surface area contributed by atoms with Crippen LogP contribution in [-0.2, 0) is 4.74 Å². The molecule has 0 saturated carbocycles. The molecular formula is C20H22BN5O3. The van der Waals surface area contributed by atoms with Crippen molar-refractivity contribution in [2.24, 2.45) is 5.92 Å². The van der Waals surface area contributed by atoms with Gasteiger partial charge in [0, 0.05) is 29.6 Å². The number of benzene rings is 1. The average molecular weight is 391 g/mol. The maximum atomic E-state index is 9.79. The molecule has 0 radical (unpaired) electrons. The second-order valence-electron chi connectivity index (χ2n) is 7.31. The highest BCUT2D eigenvalue weighted by atomic mass is 16.5. The Morgan fingerprint density at radius 1 is 1.34 bits per heavy atom. The summed E-state index contributed by atoms with van der Waals surface area (Å²) in [6, 6.07) is 7.81. The monoisotopic (exact) mass is 391 g/mol. The van der Waals surface area contributed by atoms with Crippen molar-refractivity contribution in [3.63, 3.8) is 0 Å². The highest BCUT2D eigenvalue weighted by Crippen LogP contribution is 2.31. The first kappa shape index (κ1) is 19.2. The molecule has 3 heterocycles. The second kappa shape index (κ2) is 8.11. The maximum Gasteiger partial charge on any atom is 0.555 e. The lowest BCUT2D eigenvalue weighted by Crippen LogP contribution is -2.38. The molecule has 2 aromatic rings. The Labute approximate surface area is 169 Å². The molecule has 4 rings (SSSR count). The van der Waals surface area contributed by atoms with Crippen LogP contribution >= 0.6 is 0 Å². The lowest BCUT2D eigenvalue weighted by molar-refractivity contribution is 0.0698. The first-order chi connectivity index (χ1) is 14.0. The third-order valence-electron chi connectivity index (χ3n) is 5.09. The molecule has 0 aliphatic carbocycles. The van der Waals surface area contributed by atoms with Gasteiger partial charge in [0.15, 0.2) is 0 Å². The van der Waals surface area contributed by atoms with Crippen molar-refractivity contribution in [3.05, 3.63) is 41.0 Å². The number of nitrogens with zero attached hydrogens (tertiary/aromatic N) is 3. The Morgan fingerprint density at radius 3 is 3.03 bits per heavy atom. The van der Waals surface area contributed by atoms with E-state index in [0.717, 1.165) is 22.3 Å². The molecule has 1 fully saturated rings. The molecule has 0 bridgehead atoms. The van der Waals surface area contributed by atoms with Crippen LogP contribution in [0, 0.1) is 24.2 Å². The maximum absolute atomic E-state index is 9.79. The molecule has 0 amide bonds. The minimum Gasteiger partial charge on any atom is -0.532 e. The molecule has 2 aliphatic rings. The first-order valence-electron chi connectivity index (χ1n) is 9.55. The van der Waals surface area contributed by atoms with E-state index < -0.39 is 7.12 Å². The van der Waals surface area contributed by atoms with Gasteiger partial charge in [0.05, 0.1) is 24.6 Å². The quantitative estimate of drug-likeness (QED) is 0.682. The van der Waals surface area contributed by atoms with E-state index in [1.807, 2.05) is 32.1 Å². The van der Waals surface area contributed by atoms with E-state index in [2.05, 4.69) is 26.7 Å². The zero-order valence-corrected chi connectivity index (χ0v) is 16.3. The number of nitriles is 1. The zero-order chi connectivity index (χ0) is 20.4. The van der Waals surface area contributed by atoms with Gasteiger partial charge in [-0.1, -0.05) is 6.08 Å². The second-order valence-corrected chi connectivity index (χ2v) is 7.31. The molecule has 29 heavy (non-hydrogen) atoms. The van der Waals surface area contributed by atoms with Crippen molar-refractivity contribution >= 4 is 30.6 Å². The molecule has 0 spiro atoms. The molecule has 1 aromatic carbocycles. The number of aromatic nitrogens is 2. The highest BCUT2D eigenvalue weighted by molar-refractivity contribution is 6.54. The number of hydrogen-bond donors (Lipinski definition) is 3. The summed E-state index contributed by atoms with van der Waals surface area (Å²) in [5.41, 5.74) is 3.32. The third kappa shape index (κ3) is 4.18. The van der Waals surface area contributed by atoms with Crippen LogP contribution < -0.4 is 15.3 Å². The standard InChI is InChI=1S/C20H22BN5O3/c1-12-10-23-20(26-19(12)25-17-11-28-6-5-14(17)9-22)24-16-3-4-18-15(8-16)7-13(2)21(27)29-18/h3-4,7-8,10,14,17,27H,5-6,11H2,1-2H3,(H2,23,24,25,26). The van der Waals surface area contributed by atoms with Gasteiger partial charge in [-0.15, -0.1) is 0 Å². The van der Waals surface area contributed by atoms with Crippen LogP contribution in [0.2, 0.25) is 0 Å². The molecule has 2 atom stereocenters. The van der Waals surface area contributed by atoms with Gasteiger partial charge < -0.3 is 25.0 Å². The fourth-order valence-corrected chi connectivity index (χ4v) is 3.36. The predicted octanol–water partition coefficient (Wildman–Crippen LogP) is 2.68. The van der Waals surface area contributed by atoms with Gasteiger partial charge in [0.1, 0.15) is 11.6 Å². The number of fused-ring (bicyclic) bond motifs is 1. The predicted molar refractivity (Wildman–Crippen MR) is 111 cm³/mol. The molecule has 148 valence electrons. The van der Waals surface area contributed by atoms with Gasteiger partial charge in [-0.05, 0) is 43.9 Å². The van der Waals surface area contributed by atoms with E-state index in [-0.39, 0.29) is 12.0 Å². The summed E-state index contributed by atoms with van der Waals surface area (Å²) in [4.78, 5) is 8.94. The van der Waals surface area contributed by atoms with Crippen molar-refractivity contribution in [2.45, 2.75) is 26.3 Å². The van der Waals surface area contributed by atoms with Crippen LogP contribution in [0.3, 0.4) is 0 Å². The van der Waals surface area contributed by atoms with Gasteiger partial charge in [0.25, 0.3) is 0 Å². The van der Waals surface area contributed by atoms with Crippen LogP contribution in [0.15, 0.2) is 29.9 Å². The van der Waals surface area contributed by atoms with E-state index in [1.165, 1.54) is 0 Å². The Morgan fingerprint density at radius 2 is 2.21 bits per heavy atom. The largest absolute Gasteiger partial charge is 0.555 e. The van der Waals surface area contributed by atoms with Crippen LogP contribution in [0.5, 0.6) is 5.75 Å². The fraction of sp³-hybridized carbons (Fsp3) is 0.350. The molecule has 8 nitrogen and oxygen atoms in total. The molecule has 1 saturated heterocycles. The van der Waals surface area contributed by atoms with Crippen LogP contribution in [0.1, 0.15) is 24.5 Å². The fourth-order valence-electron chi connectivity index (χ4n) is 3.36. The summed E-state index contributed by atoms with van der Waals surface area (Å²) >= 11 is 0. The summed E-state index contributed by atoms with van der Waals surface area (Å²) in [7, 11) is -0.906. The van der Waals surface area contributed by atoms with Crippen molar-refractivity contribution in [3.8, 4) is 11.8 Å². The number of allylic oxidation sites excluding steroid dienone is 1.